The van der Waals surface area contributed by atoms with Crippen molar-refractivity contribution in [1.29, 1.82) is 0 Å². The van der Waals surface area contributed by atoms with Gasteiger partial charge in [0.25, 0.3) is 0 Å². The van der Waals surface area contributed by atoms with Crippen LogP contribution in [0.15, 0.2) is 24.3 Å². The molecule has 2 rings (SSSR count). The van der Waals surface area contributed by atoms with Crippen LogP contribution in [0.3, 0.4) is 0 Å². The highest BCUT2D eigenvalue weighted by Gasteiger charge is 2.28. The smallest absolute Gasteiger partial charge is 0.239 e. The minimum Gasteiger partial charge on any atom is -0.384 e. The van der Waals surface area contributed by atoms with E-state index in [-0.39, 0.29) is 24.3 Å². The second-order valence-electron chi connectivity index (χ2n) is 5.25. The Labute approximate surface area is 125 Å². The van der Waals surface area contributed by atoms with E-state index in [4.69, 9.17) is 0 Å². The molecule has 1 aromatic rings. The molecule has 0 radical (unpaired) electrons. The third-order valence-electron chi connectivity index (χ3n) is 3.77. The highest BCUT2D eigenvalue weighted by atomic mass is 16.2. The summed E-state index contributed by atoms with van der Waals surface area (Å²) in [5, 5.41) is 6.04. The molecule has 1 aliphatic rings. The zero-order valence-corrected chi connectivity index (χ0v) is 12.7. The van der Waals surface area contributed by atoms with Crippen molar-refractivity contribution < 1.29 is 9.59 Å². The van der Waals surface area contributed by atoms with Crippen LogP contribution in [0.1, 0.15) is 19.4 Å². The summed E-state index contributed by atoms with van der Waals surface area (Å²) in [6.07, 6.45) is 0.730. The predicted octanol–water partition coefficient (Wildman–Crippen LogP) is 1.26. The van der Waals surface area contributed by atoms with Gasteiger partial charge in [-0.15, -0.1) is 0 Å². The second-order valence-corrected chi connectivity index (χ2v) is 5.25. The average molecular weight is 289 g/mol. The van der Waals surface area contributed by atoms with Crippen molar-refractivity contribution in [2.75, 3.05) is 31.5 Å². The van der Waals surface area contributed by atoms with Gasteiger partial charge in [-0.25, -0.2) is 0 Å². The van der Waals surface area contributed by atoms with E-state index in [2.05, 4.69) is 10.6 Å². The monoisotopic (exact) mass is 289 g/mol. The first-order chi connectivity index (χ1) is 10.2. The number of hydrogen-bond donors (Lipinski definition) is 2. The standard InChI is InChI=1S/C16H23N3O2/c1-3-17-15(20)11-19(4-2)16(21)13-9-12-7-5-6-8-14(12)18-10-13/h5-8,13,18H,3-4,9-11H2,1-2H3,(H,17,20). The van der Waals surface area contributed by atoms with Crippen molar-refractivity contribution in [3.05, 3.63) is 29.8 Å². The molecule has 1 unspecified atom stereocenters. The molecule has 1 atom stereocenters. The fourth-order valence-electron chi connectivity index (χ4n) is 2.65. The number of nitrogens with zero attached hydrogens (tertiary/aromatic N) is 1. The van der Waals surface area contributed by atoms with E-state index in [1.54, 1.807) is 4.90 Å². The van der Waals surface area contributed by atoms with E-state index in [1.165, 1.54) is 0 Å². The zero-order chi connectivity index (χ0) is 15.2. The van der Waals surface area contributed by atoms with E-state index in [0.717, 1.165) is 17.7 Å². The number of amides is 2. The fraction of sp³-hybridized carbons (Fsp3) is 0.500. The van der Waals surface area contributed by atoms with E-state index < -0.39 is 0 Å². The molecule has 0 saturated carbocycles. The first-order valence-electron chi connectivity index (χ1n) is 7.53. The third-order valence-corrected chi connectivity index (χ3v) is 3.77. The van der Waals surface area contributed by atoms with Gasteiger partial charge in [-0.2, -0.15) is 0 Å². The summed E-state index contributed by atoms with van der Waals surface area (Å²) in [7, 11) is 0. The maximum atomic E-state index is 12.6. The van der Waals surface area contributed by atoms with Crippen molar-refractivity contribution in [1.82, 2.24) is 10.2 Å². The van der Waals surface area contributed by atoms with Crippen LogP contribution in [0.2, 0.25) is 0 Å². The molecule has 0 bridgehead atoms. The minimum atomic E-state index is -0.103. The number of carbonyl (C=O) groups is 2. The molecule has 0 saturated heterocycles. The Balaban J connectivity index is 2.01. The summed E-state index contributed by atoms with van der Waals surface area (Å²) in [6.45, 7) is 5.68. The number of para-hydroxylation sites is 1. The number of rotatable bonds is 5. The van der Waals surface area contributed by atoms with Gasteiger partial charge in [0.2, 0.25) is 11.8 Å². The summed E-state index contributed by atoms with van der Waals surface area (Å²) in [5.74, 6) is -0.156. The lowest BCUT2D eigenvalue weighted by Crippen LogP contribution is -2.45. The van der Waals surface area contributed by atoms with Gasteiger partial charge in [-0.05, 0) is 31.9 Å². The minimum absolute atomic E-state index is 0.0470. The lowest BCUT2D eigenvalue weighted by molar-refractivity contribution is -0.138. The van der Waals surface area contributed by atoms with Crippen molar-refractivity contribution >= 4 is 17.5 Å². The normalized spacial score (nSPS) is 16.6. The van der Waals surface area contributed by atoms with Gasteiger partial charge in [0.05, 0.1) is 12.5 Å². The van der Waals surface area contributed by atoms with Gasteiger partial charge in [-0.3, -0.25) is 9.59 Å². The molecule has 1 heterocycles. The Morgan fingerprint density at radius 2 is 2.10 bits per heavy atom. The van der Waals surface area contributed by atoms with Gasteiger partial charge in [0, 0.05) is 25.3 Å². The second kappa shape index (κ2) is 7.11. The molecule has 0 fully saturated rings. The number of hydrogen-bond acceptors (Lipinski definition) is 3. The van der Waals surface area contributed by atoms with Gasteiger partial charge in [-0.1, -0.05) is 18.2 Å². The Morgan fingerprint density at radius 1 is 1.33 bits per heavy atom. The third kappa shape index (κ3) is 3.74. The summed E-state index contributed by atoms with van der Waals surface area (Å²) < 4.78 is 0. The summed E-state index contributed by atoms with van der Waals surface area (Å²) in [6, 6.07) is 8.05. The predicted molar refractivity (Wildman–Crippen MR) is 83.1 cm³/mol. The van der Waals surface area contributed by atoms with Crippen molar-refractivity contribution in [3.63, 3.8) is 0 Å². The van der Waals surface area contributed by atoms with Gasteiger partial charge >= 0.3 is 0 Å². The molecule has 2 N–H and O–H groups in total. The summed E-state index contributed by atoms with van der Waals surface area (Å²) in [5.41, 5.74) is 2.27. The highest BCUT2D eigenvalue weighted by Crippen LogP contribution is 2.25. The zero-order valence-electron chi connectivity index (χ0n) is 12.7. The van der Waals surface area contributed by atoms with Crippen LogP contribution in [-0.4, -0.2) is 42.9 Å². The summed E-state index contributed by atoms with van der Waals surface area (Å²) >= 11 is 0. The number of nitrogens with one attached hydrogen (secondary N) is 2. The molecule has 1 aliphatic heterocycles. The number of fused-ring (bicyclic) bond motifs is 1. The van der Waals surface area contributed by atoms with E-state index >= 15 is 0 Å². The van der Waals surface area contributed by atoms with Crippen molar-refractivity contribution in [3.8, 4) is 0 Å². The van der Waals surface area contributed by atoms with Crippen LogP contribution in [0.4, 0.5) is 5.69 Å². The Morgan fingerprint density at radius 3 is 2.81 bits per heavy atom. The number of benzene rings is 1. The molecule has 5 heteroatoms. The number of anilines is 1. The van der Waals surface area contributed by atoms with E-state index in [1.807, 2.05) is 38.1 Å². The first kappa shape index (κ1) is 15.4. The molecule has 2 amide bonds. The molecule has 0 spiro atoms. The first-order valence-corrected chi connectivity index (χ1v) is 7.53. The van der Waals surface area contributed by atoms with Crippen LogP contribution in [0, 0.1) is 5.92 Å². The largest absolute Gasteiger partial charge is 0.384 e. The Bertz CT molecular complexity index is 516. The van der Waals surface area contributed by atoms with Crippen LogP contribution in [0.5, 0.6) is 0 Å². The topological polar surface area (TPSA) is 61.4 Å². The van der Waals surface area contributed by atoms with E-state index in [9.17, 15) is 9.59 Å². The quantitative estimate of drug-likeness (QED) is 0.858. The fourth-order valence-corrected chi connectivity index (χ4v) is 2.65. The highest BCUT2D eigenvalue weighted by molar-refractivity contribution is 5.86. The maximum absolute atomic E-state index is 12.6. The molecular weight excluding hydrogens is 266 g/mol. The summed E-state index contributed by atoms with van der Waals surface area (Å²) in [4.78, 5) is 25.9. The SMILES string of the molecule is CCNC(=O)CN(CC)C(=O)C1CNc2ccccc2C1. The lowest BCUT2D eigenvalue weighted by atomic mass is 9.93. The van der Waals surface area contributed by atoms with Crippen molar-refractivity contribution in [2.45, 2.75) is 20.3 Å². The van der Waals surface area contributed by atoms with Gasteiger partial charge in [0.15, 0.2) is 0 Å². The number of likely N-dealkylation sites (N-methyl/N-ethyl adjacent to an activating group) is 2. The molecular formula is C16H23N3O2. The van der Waals surface area contributed by atoms with Crippen LogP contribution in [0.25, 0.3) is 0 Å². The van der Waals surface area contributed by atoms with Gasteiger partial charge in [0.1, 0.15) is 0 Å². The van der Waals surface area contributed by atoms with Crippen LogP contribution in [-0.2, 0) is 16.0 Å². The number of carbonyl (C=O) groups excluding carboxylic acids is 2. The maximum Gasteiger partial charge on any atom is 0.239 e. The molecule has 0 aromatic heterocycles. The molecule has 5 nitrogen and oxygen atoms in total. The molecule has 21 heavy (non-hydrogen) atoms. The van der Waals surface area contributed by atoms with Crippen molar-refractivity contribution in [2.24, 2.45) is 5.92 Å². The Kier molecular flexibility index (Phi) is 5.20. The lowest BCUT2D eigenvalue weighted by Gasteiger charge is -2.30. The van der Waals surface area contributed by atoms with E-state index in [0.29, 0.717) is 19.6 Å². The van der Waals surface area contributed by atoms with Gasteiger partial charge < -0.3 is 15.5 Å². The Hall–Kier alpha value is -2.04. The van der Waals surface area contributed by atoms with Crippen LogP contribution >= 0.6 is 0 Å². The average Bonchev–Trinajstić information content (AvgIpc) is 2.51. The molecule has 0 aliphatic carbocycles. The van der Waals surface area contributed by atoms with Crippen LogP contribution < -0.4 is 10.6 Å². The molecule has 1 aromatic carbocycles. The molecule has 114 valence electrons.